The van der Waals surface area contributed by atoms with Gasteiger partial charge in [0.25, 0.3) is 0 Å². The Labute approximate surface area is 217 Å². The summed E-state index contributed by atoms with van der Waals surface area (Å²) in [6.45, 7) is 7.34. The zero-order valence-electron chi connectivity index (χ0n) is 21.8. The summed E-state index contributed by atoms with van der Waals surface area (Å²) in [5.74, 6) is -3.10. The molecule has 3 fully saturated rings. The average Bonchev–Trinajstić information content (AvgIpc) is 2.88. The highest BCUT2D eigenvalue weighted by molar-refractivity contribution is 5.93. The van der Waals surface area contributed by atoms with E-state index in [1.165, 1.54) is 0 Å². The maximum atomic E-state index is 14.3. The van der Waals surface area contributed by atoms with E-state index in [2.05, 4.69) is 0 Å². The number of ketones is 1. The number of carbonyl (C=O) groups excluding carboxylic acids is 3. The first kappa shape index (κ1) is 26.1. The predicted octanol–water partition coefficient (Wildman–Crippen LogP) is 3.00. The Kier molecular flexibility index (Phi) is 6.57. The van der Waals surface area contributed by atoms with Crippen LogP contribution in [0.25, 0.3) is 0 Å². The van der Waals surface area contributed by atoms with Crippen molar-refractivity contribution in [2.75, 3.05) is 6.61 Å². The third-order valence-corrected chi connectivity index (χ3v) is 9.56. The van der Waals surface area contributed by atoms with Crippen molar-refractivity contribution in [3.05, 3.63) is 47.0 Å². The standard InChI is InChI=1S/C29H36O8/c1-5-21(30)36-20-13-19-18(14-35-19)23-26(37-27(33)17-9-7-6-8-10-17)29(34)12-11-15(2)22(16(29)3)24(31)25(32)28(20,23)4/h6-10,16,18-20,23-24,26,31,34H,5,11-14H2,1-4H3/t16?,18?,19?,20?,23?,24?,26-,28?,29?/m0/s1. The van der Waals surface area contributed by atoms with Crippen LogP contribution in [0.1, 0.15) is 63.7 Å². The minimum atomic E-state index is -1.54. The normalized spacial score (nSPS) is 40.9. The van der Waals surface area contributed by atoms with Gasteiger partial charge in [0.1, 0.15) is 23.9 Å². The number of ether oxygens (including phenoxy) is 3. The number of rotatable bonds is 4. The zero-order chi connectivity index (χ0) is 26.7. The lowest BCUT2D eigenvalue weighted by molar-refractivity contribution is -0.269. The third kappa shape index (κ3) is 3.87. The summed E-state index contributed by atoms with van der Waals surface area (Å²) in [5.41, 5.74) is -1.30. The number of benzene rings is 1. The second-order valence-corrected chi connectivity index (χ2v) is 11.3. The molecule has 8 heteroatoms. The number of carbonyl (C=O) groups is 3. The molecule has 0 aromatic heterocycles. The van der Waals surface area contributed by atoms with Crippen molar-refractivity contribution in [1.82, 2.24) is 0 Å². The van der Waals surface area contributed by atoms with Crippen molar-refractivity contribution in [1.29, 1.82) is 0 Å². The maximum absolute atomic E-state index is 14.3. The molecule has 1 aromatic carbocycles. The highest BCUT2D eigenvalue weighted by atomic mass is 16.6. The first-order valence-electron chi connectivity index (χ1n) is 13.2. The largest absolute Gasteiger partial charge is 0.461 e. The van der Waals surface area contributed by atoms with Crippen molar-refractivity contribution in [3.63, 3.8) is 0 Å². The van der Waals surface area contributed by atoms with Crippen LogP contribution >= 0.6 is 0 Å². The van der Waals surface area contributed by atoms with Crippen molar-refractivity contribution in [2.45, 2.75) is 83.4 Å². The van der Waals surface area contributed by atoms with E-state index in [0.29, 0.717) is 37.0 Å². The topological polar surface area (TPSA) is 119 Å². The molecule has 37 heavy (non-hydrogen) atoms. The minimum absolute atomic E-state index is 0.126. The van der Waals surface area contributed by atoms with Gasteiger partial charge >= 0.3 is 11.9 Å². The van der Waals surface area contributed by atoms with E-state index in [4.69, 9.17) is 14.2 Å². The van der Waals surface area contributed by atoms with Gasteiger partial charge in [0.15, 0.2) is 5.78 Å². The fraction of sp³-hybridized carbons (Fsp3) is 0.621. The first-order chi connectivity index (χ1) is 17.5. The molecule has 0 radical (unpaired) electrons. The minimum Gasteiger partial charge on any atom is -0.461 e. The molecule has 8 nitrogen and oxygen atoms in total. The molecule has 2 saturated carbocycles. The number of aliphatic hydroxyl groups excluding tert-OH is 1. The van der Waals surface area contributed by atoms with E-state index in [0.717, 1.165) is 5.57 Å². The van der Waals surface area contributed by atoms with Gasteiger partial charge in [0.05, 0.1) is 23.7 Å². The van der Waals surface area contributed by atoms with Crippen molar-refractivity contribution in [2.24, 2.45) is 23.2 Å². The molecule has 1 aromatic rings. The van der Waals surface area contributed by atoms with Gasteiger partial charge in [-0.25, -0.2) is 4.79 Å². The summed E-state index contributed by atoms with van der Waals surface area (Å²) in [6.07, 6.45) is -2.56. The molecule has 2 bridgehead atoms. The van der Waals surface area contributed by atoms with Gasteiger partial charge in [-0.1, -0.05) is 37.6 Å². The predicted molar refractivity (Wildman–Crippen MR) is 132 cm³/mol. The summed E-state index contributed by atoms with van der Waals surface area (Å²) >= 11 is 0. The number of fused-ring (bicyclic) bond motifs is 5. The summed E-state index contributed by atoms with van der Waals surface area (Å²) in [4.78, 5) is 40.2. The summed E-state index contributed by atoms with van der Waals surface area (Å²) in [5, 5.41) is 23.8. The number of esters is 2. The molecule has 9 atom stereocenters. The van der Waals surface area contributed by atoms with E-state index in [-0.39, 0.29) is 18.4 Å². The third-order valence-electron chi connectivity index (χ3n) is 9.56. The van der Waals surface area contributed by atoms with Crippen molar-refractivity contribution >= 4 is 17.7 Å². The fourth-order valence-electron chi connectivity index (χ4n) is 7.24. The Morgan fingerprint density at radius 1 is 1.19 bits per heavy atom. The molecule has 0 amide bonds. The van der Waals surface area contributed by atoms with E-state index < -0.39 is 58.9 Å². The molecular formula is C29H36O8. The van der Waals surface area contributed by atoms with Gasteiger partial charge < -0.3 is 24.4 Å². The van der Waals surface area contributed by atoms with Crippen LogP contribution in [0.3, 0.4) is 0 Å². The van der Waals surface area contributed by atoms with Gasteiger partial charge in [0, 0.05) is 30.6 Å². The molecule has 5 rings (SSSR count). The molecule has 4 aliphatic rings. The second kappa shape index (κ2) is 9.33. The monoisotopic (exact) mass is 512 g/mol. The van der Waals surface area contributed by atoms with Gasteiger partial charge in [0.2, 0.25) is 0 Å². The van der Waals surface area contributed by atoms with Crippen LogP contribution in [0.4, 0.5) is 0 Å². The van der Waals surface area contributed by atoms with E-state index in [1.54, 1.807) is 51.1 Å². The lowest BCUT2D eigenvalue weighted by Crippen LogP contribution is -2.72. The molecule has 1 saturated heterocycles. The van der Waals surface area contributed by atoms with Crippen LogP contribution in [-0.2, 0) is 23.8 Å². The molecule has 3 aliphatic carbocycles. The Morgan fingerprint density at radius 2 is 1.89 bits per heavy atom. The van der Waals surface area contributed by atoms with Gasteiger partial charge in [-0.2, -0.15) is 0 Å². The first-order valence-corrected chi connectivity index (χ1v) is 13.2. The smallest absolute Gasteiger partial charge is 0.338 e. The highest BCUT2D eigenvalue weighted by Gasteiger charge is 2.70. The molecule has 1 aliphatic heterocycles. The van der Waals surface area contributed by atoms with Crippen LogP contribution in [0.5, 0.6) is 0 Å². The fourth-order valence-corrected chi connectivity index (χ4v) is 7.24. The van der Waals surface area contributed by atoms with Crippen LogP contribution in [0.2, 0.25) is 0 Å². The number of hydrogen-bond donors (Lipinski definition) is 2. The number of aliphatic hydroxyl groups is 2. The van der Waals surface area contributed by atoms with E-state index >= 15 is 0 Å². The summed E-state index contributed by atoms with van der Waals surface area (Å²) in [7, 11) is 0. The van der Waals surface area contributed by atoms with E-state index in [1.807, 2.05) is 6.92 Å². The molecular weight excluding hydrogens is 476 g/mol. The van der Waals surface area contributed by atoms with Crippen LogP contribution in [-0.4, -0.2) is 64.6 Å². The maximum Gasteiger partial charge on any atom is 0.338 e. The van der Waals surface area contributed by atoms with Gasteiger partial charge in [-0.15, -0.1) is 0 Å². The average molecular weight is 513 g/mol. The molecule has 8 unspecified atom stereocenters. The Hall–Kier alpha value is -2.55. The van der Waals surface area contributed by atoms with Crippen LogP contribution < -0.4 is 0 Å². The summed E-state index contributed by atoms with van der Waals surface area (Å²) in [6, 6.07) is 8.55. The molecule has 0 spiro atoms. The van der Waals surface area contributed by atoms with E-state index in [9.17, 15) is 24.6 Å². The lowest BCUT2D eigenvalue weighted by Gasteiger charge is -2.62. The number of hydrogen-bond acceptors (Lipinski definition) is 8. The quantitative estimate of drug-likeness (QED) is 0.467. The Morgan fingerprint density at radius 3 is 2.51 bits per heavy atom. The van der Waals surface area contributed by atoms with Crippen LogP contribution in [0.15, 0.2) is 41.5 Å². The summed E-state index contributed by atoms with van der Waals surface area (Å²) < 4.78 is 17.9. The Balaban J connectivity index is 1.69. The van der Waals surface area contributed by atoms with Gasteiger partial charge in [-0.05, 0) is 44.4 Å². The van der Waals surface area contributed by atoms with Crippen molar-refractivity contribution < 1.29 is 38.8 Å². The Bertz CT molecular complexity index is 1130. The lowest BCUT2D eigenvalue weighted by atomic mass is 9.48. The SMILES string of the molecule is CCC(=O)OC1CC2OCC2C2[C@H](OC(=O)c3ccccc3)C3(O)CCC(C)=C(C(O)C(=O)C12C)C3C. The number of Topliss-reactive ketones (excluding diaryl/α,β-unsaturated/α-hetero) is 1. The molecule has 2 N–H and O–H groups in total. The van der Waals surface area contributed by atoms with Gasteiger partial charge in [-0.3, -0.25) is 9.59 Å². The highest BCUT2D eigenvalue weighted by Crippen LogP contribution is 2.59. The molecule has 1 heterocycles. The molecule has 200 valence electrons. The van der Waals surface area contributed by atoms with Crippen LogP contribution in [0, 0.1) is 23.2 Å². The second-order valence-electron chi connectivity index (χ2n) is 11.3. The zero-order valence-corrected chi connectivity index (χ0v) is 21.8. The van der Waals surface area contributed by atoms with Crippen molar-refractivity contribution in [3.8, 4) is 0 Å². The number of allylic oxidation sites excluding steroid dienone is 1.